The summed E-state index contributed by atoms with van der Waals surface area (Å²) in [6.07, 6.45) is 1.91. The first-order chi connectivity index (χ1) is 11.6. The van der Waals surface area contributed by atoms with Crippen molar-refractivity contribution >= 4 is 56.9 Å². The molecule has 0 saturated heterocycles. The summed E-state index contributed by atoms with van der Waals surface area (Å²) in [4.78, 5) is 17.8. The lowest BCUT2D eigenvalue weighted by molar-refractivity contribution is 0.820. The van der Waals surface area contributed by atoms with Gasteiger partial charge in [-0.25, -0.2) is 4.98 Å². The Morgan fingerprint density at radius 1 is 1.29 bits per heavy atom. The van der Waals surface area contributed by atoms with E-state index in [2.05, 4.69) is 22.6 Å². The van der Waals surface area contributed by atoms with Gasteiger partial charge in [0.15, 0.2) is 5.16 Å². The Balaban J connectivity index is 2.22. The van der Waals surface area contributed by atoms with Crippen molar-refractivity contribution in [3.05, 3.63) is 73.6 Å². The number of nitrogens with zero attached hydrogens (tertiary/aromatic N) is 2. The number of hydrogen-bond acceptors (Lipinski definition) is 3. The quantitative estimate of drug-likeness (QED) is 0.299. The van der Waals surface area contributed by atoms with Crippen LogP contribution >= 0.6 is 46.0 Å². The number of benzene rings is 2. The SMILES string of the molecule is CC(Cl)=CCSc1nc2ccc(I)cc2c(=O)n1-c1ccccc1. The fourth-order valence-corrected chi connectivity index (χ4v) is 3.89. The average molecular weight is 469 g/mol. The van der Waals surface area contributed by atoms with Crippen molar-refractivity contribution in [1.82, 2.24) is 9.55 Å². The van der Waals surface area contributed by atoms with Crippen LogP contribution in [0.1, 0.15) is 6.92 Å². The number of thioether (sulfide) groups is 1. The van der Waals surface area contributed by atoms with Gasteiger partial charge in [-0.05, 0) is 59.8 Å². The Bertz CT molecular complexity index is 966. The van der Waals surface area contributed by atoms with Crippen molar-refractivity contribution in [1.29, 1.82) is 0 Å². The molecule has 0 spiro atoms. The Morgan fingerprint density at radius 3 is 2.75 bits per heavy atom. The van der Waals surface area contributed by atoms with Crippen LogP contribution < -0.4 is 5.56 Å². The van der Waals surface area contributed by atoms with E-state index in [1.165, 1.54) is 11.8 Å². The molecule has 0 amide bonds. The zero-order chi connectivity index (χ0) is 17.1. The molecule has 0 N–H and O–H groups in total. The van der Waals surface area contributed by atoms with Crippen LogP contribution in [0.5, 0.6) is 0 Å². The van der Waals surface area contributed by atoms with E-state index < -0.39 is 0 Å². The van der Waals surface area contributed by atoms with Gasteiger partial charge in [-0.3, -0.25) is 9.36 Å². The second-order valence-corrected chi connectivity index (χ2v) is 7.96. The number of hydrogen-bond donors (Lipinski definition) is 0. The second kappa shape index (κ2) is 7.72. The van der Waals surface area contributed by atoms with Gasteiger partial charge in [0.2, 0.25) is 0 Å². The van der Waals surface area contributed by atoms with Gasteiger partial charge in [-0.1, -0.05) is 47.6 Å². The van der Waals surface area contributed by atoms with Gasteiger partial charge < -0.3 is 0 Å². The van der Waals surface area contributed by atoms with Gasteiger partial charge in [0.25, 0.3) is 5.56 Å². The number of fused-ring (bicyclic) bond motifs is 1. The van der Waals surface area contributed by atoms with Gasteiger partial charge in [0.05, 0.1) is 16.6 Å². The fraction of sp³-hybridized carbons (Fsp3) is 0.111. The molecule has 122 valence electrons. The van der Waals surface area contributed by atoms with Crippen molar-refractivity contribution in [3.8, 4) is 5.69 Å². The second-order valence-electron chi connectivity index (χ2n) is 5.13. The van der Waals surface area contributed by atoms with E-state index in [9.17, 15) is 4.79 Å². The summed E-state index contributed by atoms with van der Waals surface area (Å²) in [7, 11) is 0. The molecule has 3 aromatic rings. The van der Waals surface area contributed by atoms with E-state index in [1.807, 2.05) is 61.5 Å². The molecular weight excluding hydrogens is 455 g/mol. The summed E-state index contributed by atoms with van der Waals surface area (Å²) in [6, 6.07) is 15.3. The van der Waals surface area contributed by atoms with Crippen LogP contribution in [0.2, 0.25) is 0 Å². The Hall–Kier alpha value is -1.31. The molecule has 0 aliphatic rings. The first kappa shape index (κ1) is 17.5. The van der Waals surface area contributed by atoms with Gasteiger partial charge >= 0.3 is 0 Å². The summed E-state index contributed by atoms with van der Waals surface area (Å²) < 4.78 is 2.68. The third-order valence-electron chi connectivity index (χ3n) is 3.39. The molecule has 0 radical (unpaired) electrons. The van der Waals surface area contributed by atoms with Crippen molar-refractivity contribution < 1.29 is 0 Å². The lowest BCUT2D eigenvalue weighted by atomic mass is 10.2. The monoisotopic (exact) mass is 468 g/mol. The molecule has 0 aliphatic heterocycles. The minimum atomic E-state index is -0.0567. The minimum absolute atomic E-state index is 0.0567. The van der Waals surface area contributed by atoms with Crippen LogP contribution in [0.4, 0.5) is 0 Å². The molecule has 6 heteroatoms. The van der Waals surface area contributed by atoms with Crippen LogP contribution in [0.25, 0.3) is 16.6 Å². The highest BCUT2D eigenvalue weighted by Gasteiger charge is 2.13. The molecular formula is C18H14ClIN2OS. The smallest absolute Gasteiger partial charge is 0.266 e. The largest absolute Gasteiger partial charge is 0.268 e. The molecule has 0 unspecified atom stereocenters. The summed E-state index contributed by atoms with van der Waals surface area (Å²) in [5.41, 5.74) is 1.46. The lowest BCUT2D eigenvalue weighted by Gasteiger charge is -2.12. The van der Waals surface area contributed by atoms with E-state index in [-0.39, 0.29) is 5.56 Å². The highest BCUT2D eigenvalue weighted by molar-refractivity contribution is 14.1. The predicted molar refractivity (Wildman–Crippen MR) is 110 cm³/mol. The first-order valence-electron chi connectivity index (χ1n) is 7.29. The molecule has 24 heavy (non-hydrogen) atoms. The van der Waals surface area contributed by atoms with Crippen molar-refractivity contribution in [2.24, 2.45) is 0 Å². The van der Waals surface area contributed by atoms with E-state index in [0.29, 0.717) is 21.8 Å². The number of halogens is 2. The van der Waals surface area contributed by atoms with Crippen LogP contribution in [0, 0.1) is 3.57 Å². The number of para-hydroxylation sites is 1. The van der Waals surface area contributed by atoms with Gasteiger partial charge in [0, 0.05) is 14.4 Å². The van der Waals surface area contributed by atoms with Crippen LogP contribution in [0.15, 0.2) is 69.6 Å². The van der Waals surface area contributed by atoms with E-state index >= 15 is 0 Å². The van der Waals surface area contributed by atoms with E-state index in [0.717, 1.165) is 14.3 Å². The third-order valence-corrected chi connectivity index (χ3v) is 5.08. The predicted octanol–water partition coefficient (Wildman–Crippen LogP) is 5.23. The number of rotatable bonds is 4. The maximum absolute atomic E-state index is 13.1. The molecule has 0 bridgehead atoms. The zero-order valence-corrected chi connectivity index (χ0v) is 16.6. The van der Waals surface area contributed by atoms with Crippen LogP contribution in [-0.4, -0.2) is 15.3 Å². The van der Waals surface area contributed by atoms with Crippen molar-refractivity contribution in [2.75, 3.05) is 5.75 Å². The minimum Gasteiger partial charge on any atom is -0.268 e. The van der Waals surface area contributed by atoms with Gasteiger partial charge in [-0.2, -0.15) is 0 Å². The van der Waals surface area contributed by atoms with E-state index in [1.54, 1.807) is 4.57 Å². The summed E-state index contributed by atoms with van der Waals surface area (Å²) in [6.45, 7) is 1.84. The van der Waals surface area contributed by atoms with Crippen molar-refractivity contribution in [2.45, 2.75) is 12.1 Å². The average Bonchev–Trinajstić information content (AvgIpc) is 2.56. The molecule has 3 rings (SSSR count). The third kappa shape index (κ3) is 3.84. The molecule has 3 nitrogen and oxygen atoms in total. The Morgan fingerprint density at radius 2 is 2.04 bits per heavy atom. The number of aromatic nitrogens is 2. The van der Waals surface area contributed by atoms with Gasteiger partial charge in [0.1, 0.15) is 0 Å². The first-order valence-corrected chi connectivity index (χ1v) is 9.73. The molecule has 0 atom stereocenters. The molecule has 0 aliphatic carbocycles. The lowest BCUT2D eigenvalue weighted by Crippen LogP contribution is -2.21. The summed E-state index contributed by atoms with van der Waals surface area (Å²) in [5, 5.41) is 2.01. The molecule has 0 fully saturated rings. The maximum Gasteiger partial charge on any atom is 0.266 e. The molecule has 2 aromatic carbocycles. The molecule has 1 aromatic heterocycles. The Labute approximate surface area is 162 Å². The standard InChI is InChI=1S/C18H14ClIN2OS/c1-12(19)9-10-24-18-21-16-8-7-13(20)11-15(16)17(23)22(18)14-5-3-2-4-6-14/h2-9,11H,10H2,1H3. The fourth-order valence-electron chi connectivity index (χ4n) is 2.27. The normalized spacial score (nSPS) is 11.9. The number of allylic oxidation sites excluding steroid dienone is 1. The zero-order valence-electron chi connectivity index (χ0n) is 12.9. The van der Waals surface area contributed by atoms with Crippen LogP contribution in [-0.2, 0) is 0 Å². The topological polar surface area (TPSA) is 34.9 Å². The van der Waals surface area contributed by atoms with E-state index in [4.69, 9.17) is 16.6 Å². The highest BCUT2D eigenvalue weighted by atomic mass is 127. The van der Waals surface area contributed by atoms with Gasteiger partial charge in [-0.15, -0.1) is 0 Å². The summed E-state index contributed by atoms with van der Waals surface area (Å²) in [5.74, 6) is 0.657. The highest BCUT2D eigenvalue weighted by Crippen LogP contribution is 2.22. The summed E-state index contributed by atoms with van der Waals surface area (Å²) >= 11 is 9.60. The molecule has 1 heterocycles. The maximum atomic E-state index is 13.1. The van der Waals surface area contributed by atoms with Crippen molar-refractivity contribution in [3.63, 3.8) is 0 Å². The molecule has 0 saturated carbocycles. The Kier molecular flexibility index (Phi) is 5.63. The van der Waals surface area contributed by atoms with Crippen LogP contribution in [0.3, 0.4) is 0 Å².